The van der Waals surface area contributed by atoms with Gasteiger partial charge < -0.3 is 10.1 Å². The first-order valence-corrected chi connectivity index (χ1v) is 9.04. The Morgan fingerprint density at radius 2 is 2.07 bits per heavy atom. The molecule has 138 valence electrons. The van der Waals surface area contributed by atoms with E-state index in [1.165, 1.54) is 23.3 Å². The van der Waals surface area contributed by atoms with Crippen LogP contribution in [0.1, 0.15) is 27.6 Å². The summed E-state index contributed by atoms with van der Waals surface area (Å²) >= 11 is 6.02. The Balaban J connectivity index is 1.44. The minimum atomic E-state index is -0.0235. The van der Waals surface area contributed by atoms with E-state index < -0.39 is 0 Å². The minimum Gasteiger partial charge on any atom is -0.371 e. The van der Waals surface area contributed by atoms with Crippen LogP contribution in [0.3, 0.4) is 0 Å². The monoisotopic (exact) mass is 383 g/mol. The molecule has 27 heavy (non-hydrogen) atoms. The van der Waals surface area contributed by atoms with Crippen molar-refractivity contribution in [2.45, 2.75) is 12.5 Å². The quantitative estimate of drug-likeness (QED) is 0.681. The summed E-state index contributed by atoms with van der Waals surface area (Å²) in [5.74, 6) is 0.369. The SMILES string of the molecule is O=C(Cc1ccc([C@H]2CNCCO2)cc1)c1cnn(-c2nccnc2Cl)c1. The Morgan fingerprint density at radius 3 is 2.81 bits per heavy atom. The van der Waals surface area contributed by atoms with Crippen LogP contribution >= 0.6 is 11.6 Å². The first-order valence-electron chi connectivity index (χ1n) is 8.66. The Bertz CT molecular complexity index is 935. The van der Waals surface area contributed by atoms with Gasteiger partial charge in [-0.2, -0.15) is 5.10 Å². The lowest BCUT2D eigenvalue weighted by molar-refractivity contribution is 0.0277. The first kappa shape index (κ1) is 17.8. The summed E-state index contributed by atoms with van der Waals surface area (Å²) in [6.07, 6.45) is 6.52. The van der Waals surface area contributed by atoms with Crippen molar-refractivity contribution in [3.05, 3.63) is 70.9 Å². The second kappa shape index (κ2) is 7.96. The molecule has 0 radical (unpaired) electrons. The number of ketones is 1. The molecule has 7 nitrogen and oxygen atoms in total. The standard InChI is InChI=1S/C19H18ClN5O2/c20-18-19(23-6-5-22-18)25-12-15(10-24-25)16(26)9-13-1-3-14(4-2-13)17-11-21-7-8-27-17/h1-6,10,12,17,21H,7-9,11H2/t17-/m1/s1. The van der Waals surface area contributed by atoms with Gasteiger partial charge in [0.2, 0.25) is 0 Å². The van der Waals surface area contributed by atoms with Crippen molar-refractivity contribution in [1.29, 1.82) is 0 Å². The average Bonchev–Trinajstić information content (AvgIpc) is 3.20. The Kier molecular flexibility index (Phi) is 5.24. The highest BCUT2D eigenvalue weighted by atomic mass is 35.5. The molecule has 3 heterocycles. The summed E-state index contributed by atoms with van der Waals surface area (Å²) in [6, 6.07) is 7.97. The fourth-order valence-electron chi connectivity index (χ4n) is 2.97. The smallest absolute Gasteiger partial charge is 0.191 e. The van der Waals surface area contributed by atoms with Crippen molar-refractivity contribution in [2.75, 3.05) is 19.7 Å². The zero-order valence-corrected chi connectivity index (χ0v) is 15.3. The lowest BCUT2D eigenvalue weighted by Crippen LogP contribution is -2.33. The van der Waals surface area contributed by atoms with Gasteiger partial charge in [-0.1, -0.05) is 35.9 Å². The van der Waals surface area contributed by atoms with Gasteiger partial charge in [-0.15, -0.1) is 0 Å². The number of nitrogens with zero attached hydrogens (tertiary/aromatic N) is 4. The number of nitrogens with one attached hydrogen (secondary N) is 1. The molecule has 0 aliphatic carbocycles. The largest absolute Gasteiger partial charge is 0.371 e. The lowest BCUT2D eigenvalue weighted by Gasteiger charge is -2.24. The number of carbonyl (C=O) groups is 1. The van der Waals surface area contributed by atoms with Crippen LogP contribution in [0.25, 0.3) is 5.82 Å². The molecule has 0 saturated carbocycles. The summed E-state index contributed by atoms with van der Waals surface area (Å²) in [4.78, 5) is 20.7. The molecule has 2 aromatic heterocycles. The van der Waals surface area contributed by atoms with Crippen molar-refractivity contribution in [3.63, 3.8) is 0 Å². The molecular weight excluding hydrogens is 366 g/mol. The van der Waals surface area contributed by atoms with Gasteiger partial charge in [0.15, 0.2) is 16.8 Å². The summed E-state index contributed by atoms with van der Waals surface area (Å²) in [5, 5.41) is 7.72. The van der Waals surface area contributed by atoms with E-state index in [0.717, 1.165) is 24.2 Å². The fraction of sp³-hybridized carbons (Fsp3) is 0.263. The van der Waals surface area contributed by atoms with Crippen LogP contribution in [0.4, 0.5) is 0 Å². The molecule has 0 spiro atoms. The molecule has 3 aromatic rings. The summed E-state index contributed by atoms with van der Waals surface area (Å²) in [7, 11) is 0. The maximum absolute atomic E-state index is 12.6. The van der Waals surface area contributed by atoms with Gasteiger partial charge in [-0.05, 0) is 11.1 Å². The maximum Gasteiger partial charge on any atom is 0.191 e. The number of halogens is 1. The van der Waals surface area contributed by atoms with Crippen LogP contribution < -0.4 is 5.32 Å². The van der Waals surface area contributed by atoms with E-state index in [4.69, 9.17) is 16.3 Å². The topological polar surface area (TPSA) is 81.9 Å². The predicted octanol–water partition coefficient (Wildman–Crippen LogP) is 2.40. The molecule has 1 fully saturated rings. The van der Waals surface area contributed by atoms with Crippen LogP contribution in [0.5, 0.6) is 0 Å². The molecule has 8 heteroatoms. The van der Waals surface area contributed by atoms with Gasteiger partial charge in [0.1, 0.15) is 0 Å². The number of morpholine rings is 1. The lowest BCUT2D eigenvalue weighted by atomic mass is 10.0. The van der Waals surface area contributed by atoms with E-state index in [9.17, 15) is 4.79 Å². The molecule has 0 bridgehead atoms. The molecule has 0 amide bonds. The third-order valence-corrected chi connectivity index (χ3v) is 4.67. The Hall–Kier alpha value is -2.61. The van der Waals surface area contributed by atoms with Gasteiger partial charge in [0, 0.05) is 38.1 Å². The second-order valence-electron chi connectivity index (χ2n) is 6.25. The average molecular weight is 384 g/mol. The van der Waals surface area contributed by atoms with Gasteiger partial charge in [-0.3, -0.25) is 4.79 Å². The van der Waals surface area contributed by atoms with Gasteiger partial charge >= 0.3 is 0 Å². The maximum atomic E-state index is 12.6. The van der Waals surface area contributed by atoms with E-state index in [1.807, 2.05) is 24.3 Å². The molecule has 1 aliphatic rings. The number of hydrogen-bond acceptors (Lipinski definition) is 6. The van der Waals surface area contributed by atoms with Gasteiger partial charge in [0.25, 0.3) is 0 Å². The van der Waals surface area contributed by atoms with Gasteiger partial charge in [0.05, 0.1) is 24.5 Å². The molecule has 1 atom stereocenters. The normalized spacial score (nSPS) is 17.0. The number of carbonyl (C=O) groups excluding carboxylic acids is 1. The molecule has 1 saturated heterocycles. The van der Waals surface area contributed by atoms with Crippen LogP contribution in [0.15, 0.2) is 49.1 Å². The fourth-order valence-corrected chi connectivity index (χ4v) is 3.16. The molecule has 0 unspecified atom stereocenters. The number of aromatic nitrogens is 4. The molecule has 1 N–H and O–H groups in total. The van der Waals surface area contributed by atoms with Crippen molar-refractivity contribution < 1.29 is 9.53 Å². The van der Waals surface area contributed by atoms with E-state index >= 15 is 0 Å². The van der Waals surface area contributed by atoms with Crippen molar-refractivity contribution in [1.82, 2.24) is 25.1 Å². The van der Waals surface area contributed by atoms with Crippen molar-refractivity contribution >= 4 is 17.4 Å². The Labute approximate surface area is 161 Å². The number of ether oxygens (including phenoxy) is 1. The first-order chi connectivity index (χ1) is 13.2. The third-order valence-electron chi connectivity index (χ3n) is 4.40. The Morgan fingerprint density at radius 1 is 1.26 bits per heavy atom. The summed E-state index contributed by atoms with van der Waals surface area (Å²) < 4.78 is 7.20. The van der Waals surface area contributed by atoms with Crippen LogP contribution in [-0.2, 0) is 11.2 Å². The molecule has 1 aliphatic heterocycles. The number of rotatable bonds is 5. The highest BCUT2D eigenvalue weighted by Crippen LogP contribution is 2.20. The number of hydrogen-bond donors (Lipinski definition) is 1. The zero-order valence-electron chi connectivity index (χ0n) is 14.5. The summed E-state index contributed by atoms with van der Waals surface area (Å²) in [5.41, 5.74) is 2.56. The molecular formula is C19H18ClN5O2. The molecule has 1 aromatic carbocycles. The number of Topliss-reactive ketones (excluding diaryl/α,β-unsaturated/α-hetero) is 1. The number of benzene rings is 1. The minimum absolute atomic E-state index is 0.0235. The van der Waals surface area contributed by atoms with E-state index in [2.05, 4.69) is 20.4 Å². The van der Waals surface area contributed by atoms with E-state index in [0.29, 0.717) is 24.4 Å². The van der Waals surface area contributed by atoms with Crippen molar-refractivity contribution in [2.24, 2.45) is 0 Å². The molecule has 4 rings (SSSR count). The highest BCUT2D eigenvalue weighted by molar-refractivity contribution is 6.30. The predicted molar refractivity (Wildman–Crippen MR) is 100 cm³/mol. The highest BCUT2D eigenvalue weighted by Gasteiger charge is 2.16. The van der Waals surface area contributed by atoms with Crippen LogP contribution in [-0.4, -0.2) is 45.2 Å². The van der Waals surface area contributed by atoms with Crippen LogP contribution in [0.2, 0.25) is 5.15 Å². The van der Waals surface area contributed by atoms with E-state index in [1.54, 1.807) is 6.20 Å². The second-order valence-corrected chi connectivity index (χ2v) is 6.61. The van der Waals surface area contributed by atoms with E-state index in [-0.39, 0.29) is 17.0 Å². The van der Waals surface area contributed by atoms with Gasteiger partial charge in [-0.25, -0.2) is 14.6 Å². The van der Waals surface area contributed by atoms with Crippen LogP contribution in [0, 0.1) is 0 Å². The third kappa shape index (κ3) is 4.05. The van der Waals surface area contributed by atoms with Crippen molar-refractivity contribution in [3.8, 4) is 5.82 Å². The summed E-state index contributed by atoms with van der Waals surface area (Å²) in [6.45, 7) is 2.41. The zero-order chi connectivity index (χ0) is 18.6.